The minimum atomic E-state index is -1.10. The van der Waals surface area contributed by atoms with Crippen LogP contribution in [0.15, 0.2) is 57.7 Å². The molecule has 0 bridgehead atoms. The first-order valence-corrected chi connectivity index (χ1v) is 7.57. The molecule has 0 amide bonds. The van der Waals surface area contributed by atoms with Gasteiger partial charge in [0.1, 0.15) is 11.3 Å². The Hall–Kier alpha value is -2.79. The normalized spacial score (nSPS) is 12.2. The van der Waals surface area contributed by atoms with E-state index in [1.54, 1.807) is 48.5 Å². The molecule has 1 heterocycles. The van der Waals surface area contributed by atoms with Crippen LogP contribution in [0.3, 0.4) is 0 Å². The second kappa shape index (κ2) is 6.37. The number of rotatable bonds is 4. The van der Waals surface area contributed by atoms with E-state index in [0.717, 1.165) is 0 Å². The van der Waals surface area contributed by atoms with Crippen molar-refractivity contribution in [1.82, 2.24) is 0 Å². The van der Waals surface area contributed by atoms with Gasteiger partial charge in [0.15, 0.2) is 0 Å². The summed E-state index contributed by atoms with van der Waals surface area (Å²) in [6, 6.07) is 13.0. The Kier molecular flexibility index (Phi) is 4.27. The summed E-state index contributed by atoms with van der Waals surface area (Å²) < 4.78 is 5.25. The molecule has 3 rings (SSSR count). The van der Waals surface area contributed by atoms with Crippen molar-refractivity contribution in [3.8, 4) is 5.75 Å². The fourth-order valence-corrected chi connectivity index (χ4v) is 2.84. The third-order valence-electron chi connectivity index (χ3n) is 3.82. The summed E-state index contributed by atoms with van der Waals surface area (Å²) in [7, 11) is 0. The number of para-hydroxylation sites is 1. The van der Waals surface area contributed by atoms with Gasteiger partial charge in [0.25, 0.3) is 0 Å². The molecule has 0 unspecified atom stereocenters. The van der Waals surface area contributed by atoms with E-state index >= 15 is 0 Å². The van der Waals surface area contributed by atoms with Gasteiger partial charge in [-0.2, -0.15) is 0 Å². The molecule has 2 N–H and O–H groups in total. The summed E-state index contributed by atoms with van der Waals surface area (Å²) in [5.74, 6) is -2.20. The summed E-state index contributed by atoms with van der Waals surface area (Å²) in [6.45, 7) is 0. The van der Waals surface area contributed by atoms with Crippen molar-refractivity contribution in [2.45, 2.75) is 12.3 Å². The highest BCUT2D eigenvalue weighted by molar-refractivity contribution is 6.30. The van der Waals surface area contributed by atoms with Crippen LogP contribution >= 0.6 is 11.6 Å². The van der Waals surface area contributed by atoms with Gasteiger partial charge in [-0.05, 0) is 29.8 Å². The molecule has 24 heavy (non-hydrogen) atoms. The standard InChI is InChI=1S/C18H13ClO5/c19-11-7-5-10(6-8-11)13(9-15(20)21)16-17(22)12-3-1-2-4-14(12)24-18(16)23/h1-8,13,22H,9H2,(H,20,21)/t13-/m0/s1. The maximum absolute atomic E-state index is 12.4. The largest absolute Gasteiger partial charge is 0.507 e. The zero-order valence-electron chi connectivity index (χ0n) is 12.4. The average Bonchev–Trinajstić information content (AvgIpc) is 2.54. The van der Waals surface area contributed by atoms with Crippen LogP contribution in [0.5, 0.6) is 5.75 Å². The molecular formula is C18H13ClO5. The maximum atomic E-state index is 12.4. The van der Waals surface area contributed by atoms with Crippen LogP contribution in [0.4, 0.5) is 0 Å². The molecule has 1 aromatic heterocycles. The van der Waals surface area contributed by atoms with Crippen molar-refractivity contribution in [2.24, 2.45) is 0 Å². The fourth-order valence-electron chi connectivity index (χ4n) is 2.71. The molecule has 0 fully saturated rings. The Balaban J connectivity index is 2.24. The van der Waals surface area contributed by atoms with Crippen LogP contribution in [-0.2, 0) is 4.79 Å². The molecule has 0 aliphatic carbocycles. The van der Waals surface area contributed by atoms with E-state index in [0.29, 0.717) is 16.0 Å². The van der Waals surface area contributed by atoms with E-state index in [9.17, 15) is 19.8 Å². The fraction of sp³-hybridized carbons (Fsp3) is 0.111. The van der Waals surface area contributed by atoms with E-state index in [2.05, 4.69) is 0 Å². The van der Waals surface area contributed by atoms with E-state index in [4.69, 9.17) is 16.0 Å². The van der Waals surface area contributed by atoms with Gasteiger partial charge in [-0.1, -0.05) is 35.9 Å². The quantitative estimate of drug-likeness (QED) is 0.703. The lowest BCUT2D eigenvalue weighted by molar-refractivity contribution is -0.137. The van der Waals surface area contributed by atoms with Gasteiger partial charge in [-0.25, -0.2) is 4.79 Å². The number of hydrogen-bond donors (Lipinski definition) is 2. The number of fused-ring (bicyclic) bond motifs is 1. The summed E-state index contributed by atoms with van der Waals surface area (Å²) >= 11 is 5.86. The number of carboxylic acids is 1. The lowest BCUT2D eigenvalue weighted by Gasteiger charge is -2.17. The Labute approximate surface area is 141 Å². The molecule has 0 aliphatic heterocycles. The van der Waals surface area contributed by atoms with Crippen molar-refractivity contribution >= 4 is 28.5 Å². The molecule has 3 aromatic rings. The number of aliphatic carboxylic acids is 1. The molecule has 1 atom stereocenters. The molecule has 0 aliphatic rings. The third kappa shape index (κ3) is 2.98. The zero-order valence-corrected chi connectivity index (χ0v) is 13.2. The number of hydrogen-bond acceptors (Lipinski definition) is 4. The lowest BCUT2D eigenvalue weighted by Crippen LogP contribution is -2.17. The van der Waals surface area contributed by atoms with Crippen molar-refractivity contribution in [3.63, 3.8) is 0 Å². The van der Waals surface area contributed by atoms with E-state index in [1.165, 1.54) is 0 Å². The summed E-state index contributed by atoms with van der Waals surface area (Å²) in [5, 5.41) is 20.6. The van der Waals surface area contributed by atoms with E-state index in [-0.39, 0.29) is 23.3 Å². The Bertz CT molecular complexity index is 959. The number of benzene rings is 2. The Morgan fingerprint density at radius 2 is 1.79 bits per heavy atom. The minimum absolute atomic E-state index is 0.0709. The second-order valence-electron chi connectivity index (χ2n) is 5.35. The molecule has 0 spiro atoms. The van der Waals surface area contributed by atoms with Crippen molar-refractivity contribution < 1.29 is 19.4 Å². The van der Waals surface area contributed by atoms with Gasteiger partial charge in [-0.15, -0.1) is 0 Å². The third-order valence-corrected chi connectivity index (χ3v) is 4.07. The summed E-state index contributed by atoms with van der Waals surface area (Å²) in [5.41, 5.74) is -0.0283. The molecule has 2 aromatic carbocycles. The van der Waals surface area contributed by atoms with Crippen LogP contribution in [0.25, 0.3) is 11.0 Å². The van der Waals surface area contributed by atoms with E-state index in [1.807, 2.05) is 0 Å². The van der Waals surface area contributed by atoms with Crippen LogP contribution in [0.1, 0.15) is 23.5 Å². The topological polar surface area (TPSA) is 87.7 Å². The molecule has 5 nitrogen and oxygen atoms in total. The Morgan fingerprint density at radius 1 is 1.12 bits per heavy atom. The highest BCUT2D eigenvalue weighted by atomic mass is 35.5. The highest BCUT2D eigenvalue weighted by Gasteiger charge is 2.26. The van der Waals surface area contributed by atoms with Gasteiger partial charge < -0.3 is 14.6 Å². The second-order valence-corrected chi connectivity index (χ2v) is 5.79. The summed E-state index contributed by atoms with van der Waals surface area (Å²) in [4.78, 5) is 23.6. The Morgan fingerprint density at radius 3 is 2.46 bits per heavy atom. The predicted molar refractivity (Wildman–Crippen MR) is 89.7 cm³/mol. The first-order chi connectivity index (χ1) is 11.5. The average molecular weight is 345 g/mol. The van der Waals surface area contributed by atoms with Crippen molar-refractivity contribution in [1.29, 1.82) is 0 Å². The van der Waals surface area contributed by atoms with Gasteiger partial charge in [-0.3, -0.25) is 4.79 Å². The van der Waals surface area contributed by atoms with Crippen molar-refractivity contribution in [3.05, 3.63) is 75.1 Å². The summed E-state index contributed by atoms with van der Waals surface area (Å²) in [6.07, 6.45) is -0.363. The molecular weight excluding hydrogens is 332 g/mol. The predicted octanol–water partition coefficient (Wildman–Crippen LogP) is 3.76. The van der Waals surface area contributed by atoms with Crippen molar-refractivity contribution in [2.75, 3.05) is 0 Å². The first-order valence-electron chi connectivity index (χ1n) is 7.19. The molecule has 0 radical (unpaired) electrons. The molecule has 0 saturated carbocycles. The van der Waals surface area contributed by atoms with Gasteiger partial charge >= 0.3 is 11.6 Å². The molecule has 122 valence electrons. The number of aromatic hydroxyl groups is 1. The lowest BCUT2D eigenvalue weighted by atomic mass is 9.88. The minimum Gasteiger partial charge on any atom is -0.507 e. The molecule has 6 heteroatoms. The van der Waals surface area contributed by atoms with Crippen LogP contribution in [0.2, 0.25) is 5.02 Å². The monoisotopic (exact) mass is 344 g/mol. The van der Waals surface area contributed by atoms with Gasteiger partial charge in [0.2, 0.25) is 0 Å². The molecule has 0 saturated heterocycles. The van der Waals surface area contributed by atoms with Crippen LogP contribution < -0.4 is 5.63 Å². The number of carbonyl (C=O) groups is 1. The SMILES string of the molecule is O=C(O)C[C@@H](c1ccc(Cl)cc1)c1c(O)c2ccccc2oc1=O. The smallest absolute Gasteiger partial charge is 0.343 e. The first kappa shape index (κ1) is 16.1. The number of halogens is 1. The highest BCUT2D eigenvalue weighted by Crippen LogP contribution is 2.36. The zero-order chi connectivity index (χ0) is 17.3. The van der Waals surface area contributed by atoms with Gasteiger partial charge in [0, 0.05) is 10.9 Å². The maximum Gasteiger partial charge on any atom is 0.343 e. The van der Waals surface area contributed by atoms with Crippen LogP contribution in [-0.4, -0.2) is 16.2 Å². The van der Waals surface area contributed by atoms with Crippen LogP contribution in [0, 0.1) is 0 Å². The van der Waals surface area contributed by atoms with E-state index < -0.39 is 17.5 Å². The van der Waals surface area contributed by atoms with Gasteiger partial charge in [0.05, 0.1) is 17.4 Å². The number of carboxylic acid groups (broad SMARTS) is 1.